The van der Waals surface area contributed by atoms with Crippen LogP contribution in [0, 0.1) is 16.5 Å². The molecule has 1 saturated carbocycles. The molecule has 0 spiro atoms. The van der Waals surface area contributed by atoms with Gasteiger partial charge in [-0.25, -0.2) is 18.7 Å². The van der Waals surface area contributed by atoms with Crippen molar-refractivity contribution in [3.8, 4) is 0 Å². The van der Waals surface area contributed by atoms with Gasteiger partial charge >= 0.3 is 6.18 Å². The second-order valence-electron chi connectivity index (χ2n) is 8.81. The third-order valence-electron chi connectivity index (χ3n) is 6.25. The van der Waals surface area contributed by atoms with E-state index in [-0.39, 0.29) is 54.2 Å². The molecule has 3 rings (SSSR count). The molecular weight excluding hydrogens is 435 g/mol. The highest BCUT2D eigenvalue weighted by Crippen LogP contribution is 2.48. The third kappa shape index (κ3) is 4.92. The molecule has 0 aromatic carbocycles. The summed E-state index contributed by atoms with van der Waals surface area (Å²) in [6.45, 7) is 4.35. The Morgan fingerprint density at radius 2 is 1.91 bits per heavy atom. The van der Waals surface area contributed by atoms with Gasteiger partial charge in [0.2, 0.25) is 0 Å². The van der Waals surface area contributed by atoms with Crippen molar-refractivity contribution in [2.75, 3.05) is 11.9 Å². The maximum Gasteiger partial charge on any atom is 0.421 e. The second-order valence-corrected chi connectivity index (χ2v) is 8.81. The van der Waals surface area contributed by atoms with E-state index in [0.717, 1.165) is 18.5 Å². The van der Waals surface area contributed by atoms with Crippen molar-refractivity contribution in [3.63, 3.8) is 0 Å². The number of aryl methyl sites for hydroxylation is 2. The molecule has 0 radical (unpaired) electrons. The number of nitrogens with zero attached hydrogens (tertiary/aromatic N) is 3. The largest absolute Gasteiger partial charge is 0.619 e. The van der Waals surface area contributed by atoms with Gasteiger partial charge in [-0.05, 0) is 24.2 Å². The van der Waals surface area contributed by atoms with E-state index in [0.29, 0.717) is 24.3 Å². The Hall–Kier alpha value is -2.56. The number of hydrogen-bond acceptors (Lipinski definition) is 5. The lowest BCUT2D eigenvalue weighted by Gasteiger charge is -2.52. The van der Waals surface area contributed by atoms with Crippen LogP contribution >= 0.6 is 0 Å². The van der Waals surface area contributed by atoms with Crippen molar-refractivity contribution < 1.29 is 31.8 Å². The van der Waals surface area contributed by atoms with Gasteiger partial charge in [0.05, 0.1) is 0 Å². The van der Waals surface area contributed by atoms with Crippen LogP contribution in [0.2, 0.25) is 0 Å². The quantitative estimate of drug-likeness (QED) is 0.373. The van der Waals surface area contributed by atoms with Gasteiger partial charge in [0.1, 0.15) is 17.2 Å². The number of pyridine rings is 1. The molecule has 6 nitrogen and oxygen atoms in total. The fraction of sp³-hybridized carbons (Fsp3) is 0.571. The standard InChI is InChI=1S/C21H25F5N4O2/c1-19(2)13(11-31)8-16(19)28-18-15(21(24,25)26)9-27-17(29-18)5-4-12-10-30(32)7-6-14(12)20(3,22)23/h6-7,9-10,13,16,31H,4-5,8,11H2,1-3H3,(H,27,28,29)/t13-,16-/m1/s1. The molecule has 0 aliphatic heterocycles. The lowest BCUT2D eigenvalue weighted by atomic mass is 9.59. The maximum atomic E-state index is 13.8. The first-order valence-electron chi connectivity index (χ1n) is 10.1. The normalized spacial score (nSPS) is 20.7. The molecule has 11 heteroatoms. The summed E-state index contributed by atoms with van der Waals surface area (Å²) in [7, 11) is 0. The average Bonchev–Trinajstić information content (AvgIpc) is 2.67. The van der Waals surface area contributed by atoms with E-state index < -0.39 is 23.1 Å². The molecular formula is C21H25F5N4O2. The first kappa shape index (κ1) is 24.1. The van der Waals surface area contributed by atoms with Crippen LogP contribution in [0.5, 0.6) is 0 Å². The highest BCUT2D eigenvalue weighted by Gasteiger charge is 2.48. The smallest absolute Gasteiger partial charge is 0.421 e. The van der Waals surface area contributed by atoms with E-state index in [1.165, 1.54) is 0 Å². The first-order valence-corrected chi connectivity index (χ1v) is 10.1. The zero-order valence-corrected chi connectivity index (χ0v) is 17.9. The van der Waals surface area contributed by atoms with E-state index in [1.54, 1.807) is 0 Å². The molecule has 0 bridgehead atoms. The second kappa shape index (κ2) is 8.42. The minimum absolute atomic E-state index is 0.0306. The first-order chi connectivity index (χ1) is 14.7. The summed E-state index contributed by atoms with van der Waals surface area (Å²) >= 11 is 0. The zero-order chi connectivity index (χ0) is 23.9. The third-order valence-corrected chi connectivity index (χ3v) is 6.25. The Bertz CT molecular complexity index is 976. The van der Waals surface area contributed by atoms with E-state index in [4.69, 9.17) is 0 Å². The molecule has 2 N–H and O–H groups in total. The molecule has 0 saturated heterocycles. The molecule has 1 aliphatic rings. The summed E-state index contributed by atoms with van der Waals surface area (Å²) in [4.78, 5) is 7.80. The van der Waals surface area contributed by atoms with Gasteiger partial charge in [0.25, 0.3) is 5.92 Å². The van der Waals surface area contributed by atoms with Crippen LogP contribution in [0.25, 0.3) is 0 Å². The van der Waals surface area contributed by atoms with Crippen LogP contribution < -0.4 is 10.0 Å². The zero-order valence-electron chi connectivity index (χ0n) is 17.9. The Labute approximate surface area is 182 Å². The van der Waals surface area contributed by atoms with E-state index in [9.17, 15) is 32.3 Å². The molecule has 32 heavy (non-hydrogen) atoms. The van der Waals surface area contributed by atoms with Gasteiger partial charge in [-0.2, -0.15) is 17.9 Å². The van der Waals surface area contributed by atoms with Crippen molar-refractivity contribution in [2.45, 2.75) is 58.2 Å². The Kier molecular flexibility index (Phi) is 6.34. The van der Waals surface area contributed by atoms with Crippen molar-refractivity contribution in [1.29, 1.82) is 0 Å². The summed E-state index contributed by atoms with van der Waals surface area (Å²) in [5.41, 5.74) is -1.72. The number of halogens is 5. The molecule has 2 heterocycles. The summed E-state index contributed by atoms with van der Waals surface area (Å²) < 4.78 is 68.5. The van der Waals surface area contributed by atoms with E-state index in [1.807, 2.05) is 13.8 Å². The van der Waals surface area contributed by atoms with E-state index >= 15 is 0 Å². The van der Waals surface area contributed by atoms with Crippen LogP contribution in [0.1, 0.15) is 49.7 Å². The fourth-order valence-electron chi connectivity index (χ4n) is 3.99. The Morgan fingerprint density at radius 1 is 1.22 bits per heavy atom. The number of aliphatic hydroxyl groups excluding tert-OH is 1. The van der Waals surface area contributed by atoms with Crippen LogP contribution in [0.4, 0.5) is 27.8 Å². The predicted octanol–water partition coefficient (Wildman–Crippen LogP) is 3.84. The molecule has 2 atom stereocenters. The van der Waals surface area contributed by atoms with Gasteiger partial charge in [-0.1, -0.05) is 13.8 Å². The topological polar surface area (TPSA) is 85.0 Å². The number of aromatic nitrogens is 3. The molecule has 2 aromatic heterocycles. The number of nitrogens with one attached hydrogen (secondary N) is 1. The summed E-state index contributed by atoms with van der Waals surface area (Å²) in [6, 6.07) is 0.696. The van der Waals surface area contributed by atoms with Gasteiger partial charge < -0.3 is 15.6 Å². The highest BCUT2D eigenvalue weighted by atomic mass is 19.4. The lowest BCUT2D eigenvalue weighted by molar-refractivity contribution is -0.606. The lowest BCUT2D eigenvalue weighted by Crippen LogP contribution is -2.55. The van der Waals surface area contributed by atoms with Crippen LogP contribution in [-0.2, 0) is 24.9 Å². The van der Waals surface area contributed by atoms with Gasteiger partial charge in [0, 0.05) is 49.4 Å². The molecule has 0 unspecified atom stereocenters. The van der Waals surface area contributed by atoms with Gasteiger partial charge in [0.15, 0.2) is 12.4 Å². The van der Waals surface area contributed by atoms with Crippen molar-refractivity contribution in [1.82, 2.24) is 9.97 Å². The van der Waals surface area contributed by atoms with Crippen LogP contribution in [0.3, 0.4) is 0 Å². The number of alkyl halides is 5. The molecule has 1 fully saturated rings. The molecule has 1 aliphatic carbocycles. The van der Waals surface area contributed by atoms with Crippen molar-refractivity contribution in [3.05, 3.63) is 52.4 Å². The fourth-order valence-corrected chi connectivity index (χ4v) is 3.99. The minimum Gasteiger partial charge on any atom is -0.619 e. The minimum atomic E-state index is -4.68. The predicted molar refractivity (Wildman–Crippen MR) is 106 cm³/mol. The maximum absolute atomic E-state index is 13.8. The van der Waals surface area contributed by atoms with E-state index in [2.05, 4.69) is 15.3 Å². The van der Waals surface area contributed by atoms with Crippen LogP contribution in [-0.4, -0.2) is 27.7 Å². The summed E-state index contributed by atoms with van der Waals surface area (Å²) in [5, 5.41) is 23.8. The van der Waals surface area contributed by atoms with Crippen molar-refractivity contribution in [2.24, 2.45) is 11.3 Å². The number of anilines is 1. The number of aliphatic hydroxyl groups is 1. The summed E-state index contributed by atoms with van der Waals surface area (Å²) in [6.07, 6.45) is -1.62. The average molecular weight is 460 g/mol. The number of rotatable bonds is 7. The molecule has 176 valence electrons. The Balaban J connectivity index is 1.85. The summed E-state index contributed by atoms with van der Waals surface area (Å²) in [5.74, 6) is -3.58. The Morgan fingerprint density at radius 3 is 2.47 bits per heavy atom. The SMILES string of the molecule is CC(F)(F)c1cc[n+]([O-])cc1CCc1ncc(C(F)(F)F)c(N[C@@H]2C[C@H](CO)C2(C)C)n1. The molecule has 0 amide bonds. The van der Waals surface area contributed by atoms with Crippen LogP contribution in [0.15, 0.2) is 24.7 Å². The van der Waals surface area contributed by atoms with Crippen molar-refractivity contribution >= 4 is 5.82 Å². The van der Waals surface area contributed by atoms with Gasteiger partial charge in [-0.3, -0.25) is 0 Å². The monoisotopic (exact) mass is 460 g/mol. The van der Waals surface area contributed by atoms with Gasteiger partial charge in [-0.15, -0.1) is 0 Å². The highest BCUT2D eigenvalue weighted by molar-refractivity contribution is 5.47. The number of hydrogen-bond donors (Lipinski definition) is 2. The molecule has 2 aromatic rings.